The van der Waals surface area contributed by atoms with E-state index in [2.05, 4.69) is 10.6 Å². The van der Waals surface area contributed by atoms with Gasteiger partial charge in [-0.25, -0.2) is 9.59 Å². The fourth-order valence-electron chi connectivity index (χ4n) is 3.16. The van der Waals surface area contributed by atoms with Crippen molar-refractivity contribution < 1.29 is 18.9 Å². The summed E-state index contributed by atoms with van der Waals surface area (Å²) in [5.74, 6) is 0.286. The van der Waals surface area contributed by atoms with Crippen molar-refractivity contribution in [1.82, 2.24) is 10.6 Å². The average Bonchev–Trinajstić information content (AvgIpc) is 2.48. The Morgan fingerprint density at radius 3 is 2.24 bits per heavy atom. The van der Waals surface area contributed by atoms with Gasteiger partial charge in [0.1, 0.15) is 6.04 Å². The van der Waals surface area contributed by atoms with Crippen molar-refractivity contribution in [3.8, 4) is 0 Å². The highest BCUT2D eigenvalue weighted by Crippen LogP contribution is 2.26. The standard InChI is InChI=1S/C14H24N2O4S/c17-13(18)12(10-4-2-1-3-5-10)16-14(19)15-11-6-8-21(20)9-7-11/h10-12H,1-9H2,(H,17,18)(H2,15,16,19). The highest BCUT2D eigenvalue weighted by molar-refractivity contribution is 7.85. The maximum atomic E-state index is 12.0. The molecule has 0 radical (unpaired) electrons. The van der Waals surface area contributed by atoms with Gasteiger partial charge in [-0.2, -0.15) is 0 Å². The molecule has 1 aliphatic carbocycles. The molecule has 1 aliphatic heterocycles. The zero-order valence-electron chi connectivity index (χ0n) is 12.2. The van der Waals surface area contributed by atoms with Crippen molar-refractivity contribution in [2.45, 2.75) is 57.0 Å². The van der Waals surface area contributed by atoms with Crippen molar-refractivity contribution in [1.29, 1.82) is 0 Å². The number of carboxylic acids is 1. The van der Waals surface area contributed by atoms with Crippen LogP contribution < -0.4 is 10.6 Å². The van der Waals surface area contributed by atoms with Crippen molar-refractivity contribution in [2.24, 2.45) is 5.92 Å². The molecule has 0 aromatic heterocycles. The molecule has 1 heterocycles. The summed E-state index contributed by atoms with van der Waals surface area (Å²) >= 11 is 0. The number of carbonyl (C=O) groups is 2. The van der Waals surface area contributed by atoms with Crippen LogP contribution in [-0.4, -0.2) is 44.9 Å². The Morgan fingerprint density at radius 2 is 1.67 bits per heavy atom. The molecule has 6 nitrogen and oxygen atoms in total. The lowest BCUT2D eigenvalue weighted by molar-refractivity contribution is -0.141. The van der Waals surface area contributed by atoms with Crippen LogP contribution in [0.15, 0.2) is 0 Å². The van der Waals surface area contributed by atoms with Gasteiger partial charge in [-0.1, -0.05) is 19.3 Å². The summed E-state index contributed by atoms with van der Waals surface area (Å²) in [6, 6.07) is -1.21. The molecule has 2 fully saturated rings. The Morgan fingerprint density at radius 1 is 1.05 bits per heavy atom. The normalized spacial score (nSPS) is 28.6. The zero-order valence-corrected chi connectivity index (χ0v) is 13.0. The van der Waals surface area contributed by atoms with Crippen LogP contribution in [0.1, 0.15) is 44.9 Å². The van der Waals surface area contributed by atoms with E-state index in [9.17, 15) is 18.9 Å². The quantitative estimate of drug-likeness (QED) is 0.727. The van der Waals surface area contributed by atoms with Gasteiger partial charge in [-0.05, 0) is 31.6 Å². The first-order valence-electron chi connectivity index (χ1n) is 7.71. The smallest absolute Gasteiger partial charge is 0.326 e. The predicted octanol–water partition coefficient (Wildman–Crippen LogP) is 1.23. The average molecular weight is 316 g/mol. The summed E-state index contributed by atoms with van der Waals surface area (Å²) in [7, 11) is -0.763. The molecule has 7 heteroatoms. The van der Waals surface area contributed by atoms with Crippen molar-refractivity contribution in [3.05, 3.63) is 0 Å². The number of hydrogen-bond donors (Lipinski definition) is 3. The molecule has 2 aliphatic rings. The molecule has 0 aromatic carbocycles. The summed E-state index contributed by atoms with van der Waals surface area (Å²) in [6.45, 7) is 0. The molecule has 3 N–H and O–H groups in total. The minimum Gasteiger partial charge on any atom is -0.480 e. The Bertz CT molecular complexity index is 400. The van der Waals surface area contributed by atoms with Crippen molar-refractivity contribution in [2.75, 3.05) is 11.5 Å². The van der Waals surface area contributed by atoms with E-state index in [0.29, 0.717) is 24.3 Å². The fourth-order valence-corrected chi connectivity index (χ4v) is 4.45. The molecule has 1 atom stereocenters. The molecule has 2 amide bonds. The minimum absolute atomic E-state index is 0.00324. The third-order valence-electron chi connectivity index (χ3n) is 4.40. The van der Waals surface area contributed by atoms with E-state index in [-0.39, 0.29) is 12.0 Å². The molecular formula is C14H24N2O4S. The molecule has 0 spiro atoms. The molecule has 1 saturated heterocycles. The van der Waals surface area contributed by atoms with Crippen molar-refractivity contribution in [3.63, 3.8) is 0 Å². The van der Waals surface area contributed by atoms with Gasteiger partial charge in [0.05, 0.1) is 0 Å². The molecule has 0 bridgehead atoms. The van der Waals surface area contributed by atoms with Crippen LogP contribution in [0.5, 0.6) is 0 Å². The number of amides is 2. The maximum Gasteiger partial charge on any atom is 0.326 e. The largest absolute Gasteiger partial charge is 0.480 e. The molecule has 1 unspecified atom stereocenters. The van der Waals surface area contributed by atoms with Crippen LogP contribution in [0.25, 0.3) is 0 Å². The first kappa shape index (κ1) is 16.3. The van der Waals surface area contributed by atoms with Gasteiger partial charge in [0, 0.05) is 28.3 Å². The Labute approximate surface area is 127 Å². The second-order valence-corrected chi connectivity index (χ2v) is 7.65. The predicted molar refractivity (Wildman–Crippen MR) is 80.6 cm³/mol. The number of carboxylic acid groups (broad SMARTS) is 1. The summed E-state index contributed by atoms with van der Waals surface area (Å²) in [5, 5.41) is 14.8. The number of hydrogen-bond acceptors (Lipinski definition) is 3. The molecule has 0 aromatic rings. The van der Waals surface area contributed by atoms with Gasteiger partial charge in [0.25, 0.3) is 0 Å². The second kappa shape index (κ2) is 7.77. The molecular weight excluding hydrogens is 292 g/mol. The lowest BCUT2D eigenvalue weighted by atomic mass is 9.84. The SMILES string of the molecule is O=C(NC1CCS(=O)CC1)NC(C(=O)O)C1CCCCC1. The zero-order chi connectivity index (χ0) is 15.2. The van der Waals surface area contributed by atoms with Crippen LogP contribution in [0.4, 0.5) is 4.79 Å². The topological polar surface area (TPSA) is 95.5 Å². The van der Waals surface area contributed by atoms with Crippen LogP contribution in [-0.2, 0) is 15.6 Å². The van der Waals surface area contributed by atoms with E-state index >= 15 is 0 Å². The molecule has 120 valence electrons. The van der Waals surface area contributed by atoms with Crippen molar-refractivity contribution >= 4 is 22.8 Å². The van der Waals surface area contributed by atoms with E-state index in [1.807, 2.05) is 0 Å². The van der Waals surface area contributed by atoms with Crippen LogP contribution in [0.3, 0.4) is 0 Å². The number of aliphatic carboxylic acids is 1. The third-order valence-corrected chi connectivity index (χ3v) is 5.78. The summed E-state index contributed by atoms with van der Waals surface area (Å²) in [6.07, 6.45) is 6.33. The maximum absolute atomic E-state index is 12.0. The third kappa shape index (κ3) is 4.98. The first-order valence-corrected chi connectivity index (χ1v) is 9.20. The molecule has 2 rings (SSSR count). The highest BCUT2D eigenvalue weighted by atomic mass is 32.2. The summed E-state index contributed by atoms with van der Waals surface area (Å²) in [4.78, 5) is 23.4. The van der Waals surface area contributed by atoms with E-state index in [0.717, 1.165) is 32.1 Å². The Hall–Kier alpha value is -1.11. The minimum atomic E-state index is -0.957. The van der Waals surface area contributed by atoms with E-state index in [4.69, 9.17) is 0 Å². The first-order chi connectivity index (χ1) is 10.1. The van der Waals surface area contributed by atoms with Crippen LogP contribution in [0.2, 0.25) is 0 Å². The van der Waals surface area contributed by atoms with E-state index in [1.54, 1.807) is 0 Å². The summed E-state index contributed by atoms with van der Waals surface area (Å²) in [5.41, 5.74) is 0. The number of urea groups is 1. The van der Waals surface area contributed by atoms with E-state index < -0.39 is 28.8 Å². The highest BCUT2D eigenvalue weighted by Gasteiger charge is 2.31. The number of nitrogens with one attached hydrogen (secondary N) is 2. The fraction of sp³-hybridized carbons (Fsp3) is 0.857. The van der Waals surface area contributed by atoms with Gasteiger partial charge in [0.2, 0.25) is 0 Å². The monoisotopic (exact) mass is 316 g/mol. The Balaban J connectivity index is 1.83. The number of rotatable bonds is 4. The Kier molecular flexibility index (Phi) is 6.02. The molecule has 1 saturated carbocycles. The van der Waals surface area contributed by atoms with E-state index in [1.165, 1.54) is 0 Å². The summed E-state index contributed by atoms with van der Waals surface area (Å²) < 4.78 is 11.3. The van der Waals surface area contributed by atoms with Gasteiger partial charge < -0.3 is 15.7 Å². The molecule has 21 heavy (non-hydrogen) atoms. The van der Waals surface area contributed by atoms with Gasteiger partial charge in [0.15, 0.2) is 0 Å². The lowest BCUT2D eigenvalue weighted by Gasteiger charge is -2.29. The lowest BCUT2D eigenvalue weighted by Crippen LogP contribution is -2.53. The second-order valence-electron chi connectivity index (χ2n) is 5.95. The van der Waals surface area contributed by atoms with Crippen LogP contribution in [0, 0.1) is 5.92 Å². The van der Waals surface area contributed by atoms with Crippen LogP contribution >= 0.6 is 0 Å². The van der Waals surface area contributed by atoms with Gasteiger partial charge >= 0.3 is 12.0 Å². The van der Waals surface area contributed by atoms with Gasteiger partial charge in [-0.15, -0.1) is 0 Å². The number of carbonyl (C=O) groups excluding carboxylic acids is 1. The van der Waals surface area contributed by atoms with Gasteiger partial charge in [-0.3, -0.25) is 4.21 Å².